The number of likely N-dealkylation sites (tertiary alicyclic amines) is 1. The van der Waals surface area contributed by atoms with Crippen molar-refractivity contribution in [2.24, 2.45) is 5.41 Å². The maximum Gasteiger partial charge on any atom is 0.240 e. The molecule has 4 nitrogen and oxygen atoms in total. The van der Waals surface area contributed by atoms with Crippen molar-refractivity contribution in [2.45, 2.75) is 46.2 Å². The molecule has 0 spiro atoms. The number of carbonyl (C=O) groups is 1. The maximum absolute atomic E-state index is 14.0. The highest BCUT2D eigenvalue weighted by Gasteiger charge is 2.35. The molecule has 2 fully saturated rings. The van der Waals surface area contributed by atoms with Gasteiger partial charge in [-0.15, -0.1) is 0 Å². The molecule has 2 saturated heterocycles. The van der Waals surface area contributed by atoms with Crippen molar-refractivity contribution < 1.29 is 9.18 Å². The molecule has 3 rings (SSSR count). The predicted molar refractivity (Wildman–Crippen MR) is 102 cm³/mol. The molecule has 1 atom stereocenters. The molecule has 0 saturated carbocycles. The summed E-state index contributed by atoms with van der Waals surface area (Å²) < 4.78 is 14.0. The molecule has 1 aromatic rings. The number of piperazine rings is 1. The summed E-state index contributed by atoms with van der Waals surface area (Å²) in [6.07, 6.45) is 1.89. The molecule has 2 aliphatic heterocycles. The number of halogens is 1. The van der Waals surface area contributed by atoms with Crippen molar-refractivity contribution in [3.05, 3.63) is 35.6 Å². The molecule has 0 bridgehead atoms. The van der Waals surface area contributed by atoms with Gasteiger partial charge in [0.1, 0.15) is 5.82 Å². The highest BCUT2D eigenvalue weighted by Crippen LogP contribution is 2.24. The average Bonchev–Trinajstić information content (AvgIpc) is 3.04. The zero-order valence-corrected chi connectivity index (χ0v) is 16.4. The summed E-state index contributed by atoms with van der Waals surface area (Å²) in [7, 11) is 0. The Bertz CT molecular complexity index is 620. The van der Waals surface area contributed by atoms with Gasteiger partial charge in [-0.2, -0.15) is 0 Å². The van der Waals surface area contributed by atoms with E-state index in [4.69, 9.17) is 0 Å². The van der Waals surface area contributed by atoms with Crippen LogP contribution in [0, 0.1) is 11.2 Å². The lowest BCUT2D eigenvalue weighted by atomic mass is 9.96. The van der Waals surface area contributed by atoms with E-state index in [2.05, 4.69) is 30.6 Å². The Balaban J connectivity index is 1.56. The van der Waals surface area contributed by atoms with Crippen molar-refractivity contribution in [1.29, 1.82) is 0 Å². The van der Waals surface area contributed by atoms with Gasteiger partial charge in [0.05, 0.1) is 6.04 Å². The van der Waals surface area contributed by atoms with Crippen molar-refractivity contribution in [3.8, 4) is 0 Å². The average molecular weight is 362 g/mol. The lowest BCUT2D eigenvalue weighted by molar-refractivity contribution is -0.138. The Hall–Kier alpha value is -1.46. The van der Waals surface area contributed by atoms with Gasteiger partial charge >= 0.3 is 0 Å². The number of nitrogens with zero attached hydrogens (tertiary/aromatic N) is 3. The summed E-state index contributed by atoms with van der Waals surface area (Å²) >= 11 is 0. The SMILES string of the molecule is CC(C)(C)CN1CCN(C(=O)C2CCCN2Cc2ccccc2F)CC1. The topological polar surface area (TPSA) is 26.8 Å². The molecule has 26 heavy (non-hydrogen) atoms. The van der Waals surface area contributed by atoms with E-state index in [0.717, 1.165) is 52.1 Å². The largest absolute Gasteiger partial charge is 0.339 e. The standard InChI is InChI=1S/C21H32FN3O/c1-21(2,3)16-23-11-13-24(14-12-23)20(26)19-9-6-10-25(19)15-17-7-4-5-8-18(17)22/h4-5,7-8,19H,6,9-16H2,1-3H3. The second-order valence-electron chi connectivity index (χ2n) is 8.88. The molecule has 0 radical (unpaired) electrons. The molecule has 1 unspecified atom stereocenters. The minimum atomic E-state index is -0.179. The van der Waals surface area contributed by atoms with Crippen LogP contribution >= 0.6 is 0 Å². The van der Waals surface area contributed by atoms with Crippen molar-refractivity contribution in [2.75, 3.05) is 39.3 Å². The van der Waals surface area contributed by atoms with Crippen LogP contribution in [-0.2, 0) is 11.3 Å². The number of carbonyl (C=O) groups excluding carboxylic acids is 1. The fraction of sp³-hybridized carbons (Fsp3) is 0.667. The Morgan fingerprint density at radius 3 is 2.46 bits per heavy atom. The first kappa shape index (κ1) is 19.3. The first-order valence-corrected chi connectivity index (χ1v) is 9.82. The van der Waals surface area contributed by atoms with Gasteiger partial charge in [0.2, 0.25) is 5.91 Å². The van der Waals surface area contributed by atoms with Crippen LogP contribution in [0.2, 0.25) is 0 Å². The van der Waals surface area contributed by atoms with Crippen LogP contribution in [0.15, 0.2) is 24.3 Å². The van der Waals surface area contributed by atoms with E-state index in [0.29, 0.717) is 12.1 Å². The van der Waals surface area contributed by atoms with Gasteiger partial charge in [0, 0.05) is 44.8 Å². The highest BCUT2D eigenvalue weighted by atomic mass is 19.1. The van der Waals surface area contributed by atoms with Gasteiger partial charge in [0.25, 0.3) is 0 Å². The monoisotopic (exact) mass is 361 g/mol. The van der Waals surface area contributed by atoms with E-state index in [1.165, 1.54) is 6.07 Å². The third-order valence-electron chi connectivity index (χ3n) is 5.36. The Morgan fingerprint density at radius 2 is 1.81 bits per heavy atom. The fourth-order valence-corrected chi connectivity index (χ4v) is 4.15. The summed E-state index contributed by atoms with van der Waals surface area (Å²) in [5.41, 5.74) is 0.968. The number of hydrogen-bond acceptors (Lipinski definition) is 3. The Labute approximate surface area is 157 Å². The van der Waals surface area contributed by atoms with Crippen LogP contribution < -0.4 is 0 Å². The number of rotatable bonds is 4. The lowest BCUT2D eigenvalue weighted by Crippen LogP contribution is -2.54. The van der Waals surface area contributed by atoms with E-state index in [-0.39, 0.29) is 23.2 Å². The zero-order chi connectivity index (χ0) is 18.7. The van der Waals surface area contributed by atoms with Crippen LogP contribution in [0.4, 0.5) is 4.39 Å². The van der Waals surface area contributed by atoms with Crippen LogP contribution in [-0.4, -0.2) is 65.9 Å². The third kappa shape index (κ3) is 4.83. The molecule has 5 heteroatoms. The minimum absolute atomic E-state index is 0.0937. The number of amides is 1. The summed E-state index contributed by atoms with van der Waals surface area (Å²) in [6.45, 7) is 12.7. The maximum atomic E-state index is 14.0. The van der Waals surface area contributed by atoms with Crippen LogP contribution in [0.1, 0.15) is 39.2 Å². The zero-order valence-electron chi connectivity index (χ0n) is 16.4. The second-order valence-corrected chi connectivity index (χ2v) is 8.88. The summed E-state index contributed by atoms with van der Waals surface area (Å²) in [5, 5.41) is 0. The second kappa shape index (κ2) is 8.05. The van der Waals surface area contributed by atoms with Crippen molar-refractivity contribution in [3.63, 3.8) is 0 Å². The molecule has 0 aromatic heterocycles. The molecule has 2 heterocycles. The van der Waals surface area contributed by atoms with Gasteiger partial charge in [0.15, 0.2) is 0 Å². The van der Waals surface area contributed by atoms with Crippen LogP contribution in [0.25, 0.3) is 0 Å². The first-order valence-electron chi connectivity index (χ1n) is 9.82. The Kier molecular flexibility index (Phi) is 5.98. The minimum Gasteiger partial charge on any atom is -0.339 e. The molecule has 1 aromatic carbocycles. The normalized spacial score (nSPS) is 22.8. The molecule has 2 aliphatic rings. The quantitative estimate of drug-likeness (QED) is 0.825. The highest BCUT2D eigenvalue weighted by molar-refractivity contribution is 5.82. The van der Waals surface area contributed by atoms with Gasteiger partial charge in [-0.1, -0.05) is 39.0 Å². The third-order valence-corrected chi connectivity index (χ3v) is 5.36. The van der Waals surface area contributed by atoms with E-state index in [1.54, 1.807) is 6.07 Å². The fourth-order valence-electron chi connectivity index (χ4n) is 4.15. The van der Waals surface area contributed by atoms with Gasteiger partial charge in [-0.05, 0) is 30.9 Å². The van der Waals surface area contributed by atoms with Crippen LogP contribution in [0.3, 0.4) is 0 Å². The molecular formula is C21H32FN3O. The number of hydrogen-bond donors (Lipinski definition) is 0. The first-order chi connectivity index (χ1) is 12.3. The van der Waals surface area contributed by atoms with Gasteiger partial charge in [-0.25, -0.2) is 4.39 Å². The Morgan fingerprint density at radius 1 is 1.12 bits per heavy atom. The smallest absolute Gasteiger partial charge is 0.240 e. The number of benzene rings is 1. The summed E-state index contributed by atoms with van der Waals surface area (Å²) in [4.78, 5) is 19.7. The van der Waals surface area contributed by atoms with Crippen molar-refractivity contribution in [1.82, 2.24) is 14.7 Å². The molecule has 0 N–H and O–H groups in total. The molecule has 1 amide bonds. The van der Waals surface area contributed by atoms with Gasteiger partial charge < -0.3 is 4.90 Å². The molecule has 144 valence electrons. The van der Waals surface area contributed by atoms with Crippen LogP contribution in [0.5, 0.6) is 0 Å². The summed E-state index contributed by atoms with van der Waals surface area (Å²) in [5.74, 6) is 0.0515. The van der Waals surface area contributed by atoms with E-state index >= 15 is 0 Å². The summed E-state index contributed by atoms with van der Waals surface area (Å²) in [6, 6.07) is 6.79. The van der Waals surface area contributed by atoms with E-state index in [1.807, 2.05) is 17.0 Å². The van der Waals surface area contributed by atoms with Crippen molar-refractivity contribution >= 4 is 5.91 Å². The van der Waals surface area contributed by atoms with Gasteiger partial charge in [-0.3, -0.25) is 14.6 Å². The molecular weight excluding hydrogens is 329 g/mol. The molecule has 0 aliphatic carbocycles. The predicted octanol–water partition coefficient (Wildman–Crippen LogP) is 2.98. The van der Waals surface area contributed by atoms with E-state index in [9.17, 15) is 9.18 Å². The van der Waals surface area contributed by atoms with E-state index < -0.39 is 0 Å². The lowest BCUT2D eigenvalue weighted by Gasteiger charge is -2.39.